The molecule has 3 saturated heterocycles. The number of hydrogen-bond acceptors (Lipinski definition) is 9. The first-order chi connectivity index (χ1) is 26.8. The summed E-state index contributed by atoms with van der Waals surface area (Å²) >= 11 is 0. The number of benzene rings is 4. The van der Waals surface area contributed by atoms with Crippen LogP contribution in [0.1, 0.15) is 66.4 Å². The summed E-state index contributed by atoms with van der Waals surface area (Å²) < 4.78 is 20.3. The molecule has 4 atom stereocenters. The fourth-order valence-electron chi connectivity index (χ4n) is 7.82. The number of H-pyrrole nitrogens is 1. The van der Waals surface area contributed by atoms with Gasteiger partial charge >= 0.3 is 11.8 Å². The lowest BCUT2D eigenvalue weighted by Crippen LogP contribution is -2.43. The number of likely N-dealkylation sites (tertiary alicyclic amines) is 1. The van der Waals surface area contributed by atoms with Crippen LogP contribution in [0.2, 0.25) is 0 Å². The number of piperidine rings is 1. The Labute approximate surface area is 317 Å². The standard InChI is InChI=1S/C42H43N5O8/c48-25-27-10-12-29(13-11-27)37-22-33(24-45-20-18-32(19-21-45)46-36-9-5-4-8-34(36)43-41(46)51)54-40(55-37)30-14-16-31(17-15-30)47-38(49)23-35(39(47)50)44-42(52)53-26-28-6-2-1-3-7-28/h1-17,32-33,35,37,40,48H,18-26H2,(H,43,51)(H,44,52). The lowest BCUT2D eigenvalue weighted by molar-refractivity contribution is -0.253. The van der Waals surface area contributed by atoms with Crippen molar-refractivity contribution in [2.75, 3.05) is 24.5 Å². The molecule has 3 N–H and O–H groups in total. The van der Waals surface area contributed by atoms with E-state index < -0.39 is 30.2 Å². The van der Waals surface area contributed by atoms with Crippen molar-refractivity contribution in [2.45, 2.75) is 69.5 Å². The number of anilines is 1. The summed E-state index contributed by atoms with van der Waals surface area (Å²) in [5, 5.41) is 12.1. The second-order valence-electron chi connectivity index (χ2n) is 14.3. The summed E-state index contributed by atoms with van der Waals surface area (Å²) in [4.78, 5) is 58.0. The number of aliphatic hydroxyl groups excluding tert-OH is 1. The van der Waals surface area contributed by atoms with Gasteiger partial charge < -0.3 is 34.5 Å². The van der Waals surface area contributed by atoms with Gasteiger partial charge in [0.25, 0.3) is 5.91 Å². The number of nitrogens with one attached hydrogen (secondary N) is 2. The third kappa shape index (κ3) is 7.96. The van der Waals surface area contributed by atoms with E-state index in [0.717, 1.165) is 64.1 Å². The molecule has 0 radical (unpaired) electrons. The topological polar surface area (TPSA) is 155 Å². The molecular formula is C42H43N5O8. The summed E-state index contributed by atoms with van der Waals surface area (Å²) in [5.74, 6) is -0.967. The molecule has 13 nitrogen and oxygen atoms in total. The van der Waals surface area contributed by atoms with Gasteiger partial charge in [-0.1, -0.05) is 78.9 Å². The molecule has 0 aliphatic carbocycles. The van der Waals surface area contributed by atoms with E-state index in [1.807, 2.05) is 83.4 Å². The number of para-hydroxylation sites is 2. The lowest BCUT2D eigenvalue weighted by Gasteiger charge is -2.40. The maximum atomic E-state index is 13.3. The highest BCUT2D eigenvalue weighted by Gasteiger charge is 2.41. The molecule has 5 aromatic rings. The first kappa shape index (κ1) is 36.4. The lowest BCUT2D eigenvalue weighted by atomic mass is 9.98. The molecule has 13 heteroatoms. The zero-order chi connectivity index (χ0) is 37.9. The van der Waals surface area contributed by atoms with Gasteiger partial charge in [-0.3, -0.25) is 14.2 Å². The second-order valence-corrected chi connectivity index (χ2v) is 14.3. The van der Waals surface area contributed by atoms with Crippen LogP contribution in [0, 0.1) is 0 Å². The molecule has 55 heavy (non-hydrogen) atoms. The average Bonchev–Trinajstić information content (AvgIpc) is 3.70. The number of imidazole rings is 1. The molecule has 3 aliphatic heterocycles. The van der Waals surface area contributed by atoms with Crippen LogP contribution >= 0.6 is 0 Å². The molecule has 4 aromatic carbocycles. The third-order valence-electron chi connectivity index (χ3n) is 10.7. The van der Waals surface area contributed by atoms with Crippen LogP contribution in [-0.2, 0) is 37.0 Å². The van der Waals surface area contributed by atoms with E-state index in [1.54, 1.807) is 24.3 Å². The maximum Gasteiger partial charge on any atom is 0.408 e. The van der Waals surface area contributed by atoms with Crippen molar-refractivity contribution in [2.24, 2.45) is 0 Å². The molecule has 3 amide bonds. The SMILES string of the molecule is O=C(NC1CC(=O)N(c2ccc(C3OC(CN4CCC(n5c(=O)[nH]c6ccccc65)CC4)CC(c4ccc(CO)cc4)O3)cc2)C1=O)OCc1ccccc1. The van der Waals surface area contributed by atoms with Gasteiger partial charge in [-0.15, -0.1) is 0 Å². The summed E-state index contributed by atoms with van der Waals surface area (Å²) in [7, 11) is 0. The predicted molar refractivity (Wildman–Crippen MR) is 203 cm³/mol. The van der Waals surface area contributed by atoms with Crippen molar-refractivity contribution in [1.82, 2.24) is 19.8 Å². The average molecular weight is 746 g/mol. The number of hydrogen-bond donors (Lipinski definition) is 3. The summed E-state index contributed by atoms with van der Waals surface area (Å²) in [6.45, 7) is 2.29. The largest absolute Gasteiger partial charge is 0.445 e. The monoisotopic (exact) mass is 745 g/mol. The van der Waals surface area contributed by atoms with E-state index in [9.17, 15) is 24.3 Å². The van der Waals surface area contributed by atoms with E-state index in [-0.39, 0.29) is 43.6 Å². The minimum Gasteiger partial charge on any atom is -0.445 e. The number of ether oxygens (including phenoxy) is 3. The molecule has 0 saturated carbocycles. The van der Waals surface area contributed by atoms with Crippen molar-refractivity contribution < 1.29 is 33.7 Å². The number of aromatic nitrogens is 2. The number of nitrogens with zero attached hydrogens (tertiary/aromatic N) is 3. The Kier molecular flexibility index (Phi) is 10.6. The van der Waals surface area contributed by atoms with Crippen LogP contribution in [0.4, 0.5) is 10.5 Å². The Bertz CT molecular complexity index is 2200. The van der Waals surface area contributed by atoms with Crippen molar-refractivity contribution in [3.63, 3.8) is 0 Å². The molecule has 8 rings (SSSR count). The number of imide groups is 1. The molecule has 3 aliphatic rings. The van der Waals surface area contributed by atoms with Crippen LogP contribution in [-0.4, -0.2) is 69.2 Å². The predicted octanol–water partition coefficient (Wildman–Crippen LogP) is 5.26. The van der Waals surface area contributed by atoms with Crippen molar-refractivity contribution in [1.29, 1.82) is 0 Å². The van der Waals surface area contributed by atoms with E-state index in [4.69, 9.17) is 14.2 Å². The Morgan fingerprint density at radius 1 is 0.836 bits per heavy atom. The zero-order valence-corrected chi connectivity index (χ0v) is 30.2. The van der Waals surface area contributed by atoms with Crippen LogP contribution in [0.25, 0.3) is 11.0 Å². The third-order valence-corrected chi connectivity index (χ3v) is 10.7. The first-order valence-electron chi connectivity index (χ1n) is 18.7. The zero-order valence-electron chi connectivity index (χ0n) is 30.2. The number of aromatic amines is 1. The smallest absolute Gasteiger partial charge is 0.408 e. The van der Waals surface area contributed by atoms with Crippen LogP contribution < -0.4 is 15.9 Å². The maximum absolute atomic E-state index is 13.3. The molecule has 1 aromatic heterocycles. The number of aliphatic hydroxyl groups is 1. The molecular weight excluding hydrogens is 702 g/mol. The number of amides is 3. The van der Waals surface area contributed by atoms with Crippen molar-refractivity contribution >= 4 is 34.6 Å². The minimum absolute atomic E-state index is 0.0421. The Morgan fingerprint density at radius 2 is 1.55 bits per heavy atom. The second kappa shape index (κ2) is 16.0. The van der Waals surface area contributed by atoms with Gasteiger partial charge in [0, 0.05) is 37.7 Å². The van der Waals surface area contributed by atoms with E-state index >= 15 is 0 Å². The van der Waals surface area contributed by atoms with Gasteiger partial charge in [-0.2, -0.15) is 0 Å². The number of rotatable bonds is 10. The Morgan fingerprint density at radius 3 is 2.29 bits per heavy atom. The molecule has 0 bridgehead atoms. The van der Waals surface area contributed by atoms with Crippen LogP contribution in [0.15, 0.2) is 108 Å². The van der Waals surface area contributed by atoms with E-state index in [0.29, 0.717) is 18.7 Å². The van der Waals surface area contributed by atoms with Crippen LogP contribution in [0.3, 0.4) is 0 Å². The molecule has 3 fully saturated rings. The van der Waals surface area contributed by atoms with Gasteiger partial charge in [0.2, 0.25) is 5.91 Å². The summed E-state index contributed by atoms with van der Waals surface area (Å²) in [5.41, 5.74) is 5.38. The number of fused-ring (bicyclic) bond motifs is 1. The summed E-state index contributed by atoms with van der Waals surface area (Å²) in [6.07, 6.45) is 0.150. The van der Waals surface area contributed by atoms with Gasteiger partial charge in [-0.05, 0) is 53.8 Å². The van der Waals surface area contributed by atoms with Crippen LogP contribution in [0.5, 0.6) is 0 Å². The van der Waals surface area contributed by atoms with E-state index in [2.05, 4.69) is 15.2 Å². The molecule has 4 heterocycles. The minimum atomic E-state index is -1.03. The first-order valence-corrected chi connectivity index (χ1v) is 18.7. The Hall–Kier alpha value is -5.60. The number of carbonyl (C=O) groups excluding carboxylic acids is 3. The fraction of sp³-hybridized carbons (Fsp3) is 0.333. The quantitative estimate of drug-likeness (QED) is 0.162. The fourth-order valence-corrected chi connectivity index (χ4v) is 7.82. The number of carbonyl (C=O) groups is 3. The van der Waals surface area contributed by atoms with Crippen molar-refractivity contribution in [3.05, 3.63) is 136 Å². The van der Waals surface area contributed by atoms with Gasteiger partial charge in [0.1, 0.15) is 12.6 Å². The highest BCUT2D eigenvalue weighted by molar-refractivity contribution is 6.22. The van der Waals surface area contributed by atoms with Gasteiger partial charge in [0.15, 0.2) is 6.29 Å². The van der Waals surface area contributed by atoms with Gasteiger partial charge in [0.05, 0.1) is 42.0 Å². The number of alkyl carbamates (subject to hydrolysis) is 1. The van der Waals surface area contributed by atoms with Gasteiger partial charge in [-0.25, -0.2) is 14.5 Å². The van der Waals surface area contributed by atoms with Crippen molar-refractivity contribution in [3.8, 4) is 0 Å². The highest BCUT2D eigenvalue weighted by atomic mass is 16.7. The molecule has 4 unspecified atom stereocenters. The van der Waals surface area contributed by atoms with E-state index in [1.165, 1.54) is 0 Å². The molecule has 284 valence electrons. The molecule has 0 spiro atoms. The summed E-state index contributed by atoms with van der Waals surface area (Å²) in [6, 6.07) is 30.7. The highest BCUT2D eigenvalue weighted by Crippen LogP contribution is 2.39. The normalized spacial score (nSPS) is 22.3. The Balaban J connectivity index is 0.930.